The molecule has 0 atom stereocenters. The molecule has 90 valence electrons. The normalized spacial score (nSPS) is 11.1. The van der Waals surface area contributed by atoms with Gasteiger partial charge < -0.3 is 0 Å². The first kappa shape index (κ1) is 12.0. The van der Waals surface area contributed by atoms with Crippen LogP contribution in [0.5, 0.6) is 0 Å². The third-order valence-corrected chi connectivity index (χ3v) is 4.16. The molecule has 18 heavy (non-hydrogen) atoms. The fourth-order valence-corrected chi connectivity index (χ4v) is 3.01. The molecule has 0 N–H and O–H groups in total. The summed E-state index contributed by atoms with van der Waals surface area (Å²) in [6, 6.07) is 6.52. The maximum atomic E-state index is 13.2. The molecule has 0 unspecified atom stereocenters. The van der Waals surface area contributed by atoms with Gasteiger partial charge in [0.25, 0.3) is 0 Å². The number of hydrogen-bond donors (Lipinski definition) is 0. The predicted molar refractivity (Wildman–Crippen MR) is 75.5 cm³/mol. The Hall–Kier alpha value is -1.04. The van der Waals surface area contributed by atoms with Crippen molar-refractivity contribution in [2.45, 2.75) is 0 Å². The van der Waals surface area contributed by atoms with Crippen molar-refractivity contribution in [2.24, 2.45) is 0 Å². The van der Waals surface area contributed by atoms with Crippen LogP contribution in [0.2, 0.25) is 5.15 Å². The highest BCUT2D eigenvalue weighted by Gasteiger charge is 2.10. The van der Waals surface area contributed by atoms with Crippen LogP contribution in [0, 0.1) is 5.82 Å². The molecule has 3 aromatic rings. The Kier molecular flexibility index (Phi) is 3.05. The molecule has 0 aliphatic carbocycles. The lowest BCUT2D eigenvalue weighted by Gasteiger charge is -2.03. The van der Waals surface area contributed by atoms with E-state index in [1.807, 2.05) is 11.4 Å². The molecule has 0 bridgehead atoms. The van der Waals surface area contributed by atoms with Crippen molar-refractivity contribution < 1.29 is 4.39 Å². The summed E-state index contributed by atoms with van der Waals surface area (Å²) in [7, 11) is 0. The highest BCUT2D eigenvalue weighted by atomic mass is 79.9. The molecule has 2 aromatic heterocycles. The standard InChI is InChI=1S/C12H5BrClFN2S/c13-8-5-6(1-2-9(8)15)11-16-10(14)7-3-4-18-12(7)17-11/h1-5H. The molecule has 2 nitrogen and oxygen atoms in total. The zero-order chi connectivity index (χ0) is 12.7. The van der Waals surface area contributed by atoms with E-state index in [-0.39, 0.29) is 5.82 Å². The SMILES string of the molecule is Fc1ccc(-c2nc(Cl)c3ccsc3n2)cc1Br. The Bertz CT molecular complexity index is 744. The van der Waals surface area contributed by atoms with Crippen molar-refractivity contribution in [1.82, 2.24) is 9.97 Å². The lowest BCUT2D eigenvalue weighted by atomic mass is 10.2. The Morgan fingerprint density at radius 3 is 2.83 bits per heavy atom. The highest BCUT2D eigenvalue weighted by Crippen LogP contribution is 2.29. The van der Waals surface area contributed by atoms with Crippen LogP contribution in [-0.2, 0) is 0 Å². The van der Waals surface area contributed by atoms with Gasteiger partial charge in [0, 0.05) is 10.9 Å². The lowest BCUT2D eigenvalue weighted by Crippen LogP contribution is -1.90. The number of halogens is 3. The van der Waals surface area contributed by atoms with Crippen LogP contribution in [0.4, 0.5) is 4.39 Å². The van der Waals surface area contributed by atoms with Gasteiger partial charge in [-0.2, -0.15) is 0 Å². The van der Waals surface area contributed by atoms with Gasteiger partial charge in [0.2, 0.25) is 0 Å². The Morgan fingerprint density at radius 1 is 1.22 bits per heavy atom. The Balaban J connectivity index is 2.21. The molecule has 1 aromatic carbocycles. The molecule has 0 saturated heterocycles. The number of fused-ring (bicyclic) bond motifs is 1. The van der Waals surface area contributed by atoms with Crippen LogP contribution in [0.1, 0.15) is 0 Å². The molecule has 0 spiro atoms. The molecule has 0 fully saturated rings. The van der Waals surface area contributed by atoms with E-state index in [0.717, 1.165) is 15.8 Å². The first-order valence-electron chi connectivity index (χ1n) is 5.01. The summed E-state index contributed by atoms with van der Waals surface area (Å²) < 4.78 is 13.6. The second kappa shape index (κ2) is 4.57. The molecule has 2 heterocycles. The first-order valence-corrected chi connectivity index (χ1v) is 7.06. The maximum Gasteiger partial charge on any atom is 0.162 e. The molecule has 6 heteroatoms. The Labute approximate surface area is 120 Å². The fraction of sp³-hybridized carbons (Fsp3) is 0. The van der Waals surface area contributed by atoms with Crippen LogP contribution in [0.3, 0.4) is 0 Å². The van der Waals surface area contributed by atoms with E-state index < -0.39 is 0 Å². The third-order valence-electron chi connectivity index (χ3n) is 2.46. The monoisotopic (exact) mass is 342 g/mol. The summed E-state index contributed by atoms with van der Waals surface area (Å²) in [4.78, 5) is 9.47. The minimum Gasteiger partial charge on any atom is -0.217 e. The zero-order valence-corrected chi connectivity index (χ0v) is 12.0. The van der Waals surface area contributed by atoms with Gasteiger partial charge in [-0.25, -0.2) is 14.4 Å². The number of nitrogens with zero attached hydrogens (tertiary/aromatic N) is 2. The summed E-state index contributed by atoms with van der Waals surface area (Å²) in [6.07, 6.45) is 0. The fourth-order valence-electron chi connectivity index (χ4n) is 1.58. The van der Waals surface area contributed by atoms with E-state index in [9.17, 15) is 4.39 Å². The maximum absolute atomic E-state index is 13.2. The minimum atomic E-state index is -0.318. The van der Waals surface area contributed by atoms with Crippen LogP contribution in [0.25, 0.3) is 21.6 Å². The molecular formula is C12H5BrClFN2S. The average Bonchev–Trinajstić information content (AvgIpc) is 2.81. The van der Waals surface area contributed by atoms with E-state index in [2.05, 4.69) is 25.9 Å². The van der Waals surface area contributed by atoms with Gasteiger partial charge in [0.15, 0.2) is 5.82 Å². The number of rotatable bonds is 1. The number of benzene rings is 1. The van der Waals surface area contributed by atoms with E-state index in [4.69, 9.17) is 11.6 Å². The molecular weight excluding hydrogens is 339 g/mol. The first-order chi connectivity index (χ1) is 8.65. The largest absolute Gasteiger partial charge is 0.217 e. The van der Waals surface area contributed by atoms with E-state index in [0.29, 0.717) is 15.5 Å². The van der Waals surface area contributed by atoms with Gasteiger partial charge in [-0.05, 0) is 45.6 Å². The molecule has 3 rings (SSSR count). The summed E-state index contributed by atoms with van der Waals surface area (Å²) in [5.41, 5.74) is 0.723. The van der Waals surface area contributed by atoms with Crippen LogP contribution < -0.4 is 0 Å². The average molecular weight is 344 g/mol. The van der Waals surface area contributed by atoms with Crippen molar-refractivity contribution in [3.05, 3.63) is 45.1 Å². The molecule has 0 aliphatic heterocycles. The van der Waals surface area contributed by atoms with Crippen molar-refractivity contribution in [3.8, 4) is 11.4 Å². The van der Waals surface area contributed by atoms with Gasteiger partial charge in [0.05, 0.1) is 4.47 Å². The van der Waals surface area contributed by atoms with E-state index in [1.54, 1.807) is 12.1 Å². The third kappa shape index (κ3) is 2.02. The van der Waals surface area contributed by atoms with Crippen LogP contribution >= 0.6 is 38.9 Å². The Morgan fingerprint density at radius 2 is 2.06 bits per heavy atom. The second-order valence-electron chi connectivity index (χ2n) is 3.61. The smallest absolute Gasteiger partial charge is 0.162 e. The summed E-state index contributed by atoms with van der Waals surface area (Å²) in [5, 5.41) is 3.17. The van der Waals surface area contributed by atoms with Gasteiger partial charge >= 0.3 is 0 Å². The van der Waals surface area contributed by atoms with Crippen molar-refractivity contribution in [3.63, 3.8) is 0 Å². The van der Waals surface area contributed by atoms with Crippen molar-refractivity contribution in [1.29, 1.82) is 0 Å². The summed E-state index contributed by atoms with van der Waals surface area (Å²) in [5.74, 6) is 0.178. The van der Waals surface area contributed by atoms with Crippen molar-refractivity contribution >= 4 is 49.1 Å². The second-order valence-corrected chi connectivity index (χ2v) is 5.71. The van der Waals surface area contributed by atoms with Gasteiger partial charge in [-0.15, -0.1) is 11.3 Å². The van der Waals surface area contributed by atoms with Gasteiger partial charge in [0.1, 0.15) is 15.8 Å². The number of aromatic nitrogens is 2. The van der Waals surface area contributed by atoms with Crippen LogP contribution in [0.15, 0.2) is 34.1 Å². The summed E-state index contributed by atoms with van der Waals surface area (Å²) >= 11 is 10.7. The minimum absolute atomic E-state index is 0.318. The lowest BCUT2D eigenvalue weighted by molar-refractivity contribution is 0.621. The van der Waals surface area contributed by atoms with Crippen molar-refractivity contribution in [2.75, 3.05) is 0 Å². The van der Waals surface area contributed by atoms with E-state index in [1.165, 1.54) is 17.4 Å². The highest BCUT2D eigenvalue weighted by molar-refractivity contribution is 9.10. The molecule has 0 radical (unpaired) electrons. The zero-order valence-electron chi connectivity index (χ0n) is 8.82. The van der Waals surface area contributed by atoms with Gasteiger partial charge in [-0.3, -0.25) is 0 Å². The quantitative estimate of drug-likeness (QED) is 0.587. The number of hydrogen-bond acceptors (Lipinski definition) is 3. The number of thiophene rings is 1. The molecule has 0 saturated carbocycles. The topological polar surface area (TPSA) is 25.8 Å². The molecule has 0 amide bonds. The predicted octanol–water partition coefficient (Wildman–Crippen LogP) is 4.91. The van der Waals surface area contributed by atoms with E-state index >= 15 is 0 Å². The van der Waals surface area contributed by atoms with Crippen LogP contribution in [-0.4, -0.2) is 9.97 Å². The van der Waals surface area contributed by atoms with Gasteiger partial charge in [-0.1, -0.05) is 11.6 Å². The summed E-state index contributed by atoms with van der Waals surface area (Å²) in [6.45, 7) is 0. The molecule has 0 aliphatic rings.